The number of nitrogens with one attached hydrogen (secondary N) is 1. The third kappa shape index (κ3) is 6.18. The second-order valence-electron chi connectivity index (χ2n) is 3.57. The highest BCUT2D eigenvalue weighted by atomic mass is 32.2. The molecule has 0 saturated heterocycles. The summed E-state index contributed by atoms with van der Waals surface area (Å²) in [6, 6.07) is 2.61. The number of halogens is 3. The average Bonchev–Trinajstić information content (AvgIpc) is 2.28. The van der Waals surface area contributed by atoms with Crippen LogP contribution in [0.15, 0.2) is 23.1 Å². The van der Waals surface area contributed by atoms with Crippen LogP contribution in [0.4, 0.5) is 18.9 Å². The number of carbonyl (C=O) groups excluding carboxylic acids is 1. The molecule has 3 N–H and O–H groups in total. The van der Waals surface area contributed by atoms with Gasteiger partial charge in [0.25, 0.3) is 5.56 Å². The highest BCUT2D eigenvalue weighted by Crippen LogP contribution is 2.29. The Hall–Kier alpha value is -1.64. The summed E-state index contributed by atoms with van der Waals surface area (Å²) in [5.41, 5.74) is 1.05. The summed E-state index contributed by atoms with van der Waals surface area (Å²) in [6.45, 7) is -0.402. The van der Waals surface area contributed by atoms with E-state index < -0.39 is 17.0 Å². The van der Waals surface area contributed by atoms with Gasteiger partial charge in [-0.2, -0.15) is 13.2 Å². The van der Waals surface area contributed by atoms with Gasteiger partial charge in [0.2, 0.25) is 5.91 Å². The van der Waals surface area contributed by atoms with Crippen LogP contribution in [0.3, 0.4) is 0 Å². The van der Waals surface area contributed by atoms with E-state index in [1.807, 2.05) is 0 Å². The van der Waals surface area contributed by atoms with Gasteiger partial charge in [-0.3, -0.25) is 9.59 Å². The lowest BCUT2D eigenvalue weighted by atomic mass is 10.4. The van der Waals surface area contributed by atoms with E-state index in [1.54, 1.807) is 0 Å². The molecule has 1 rings (SSSR count). The maximum Gasteiger partial charge on any atom is 0.441 e. The minimum absolute atomic E-state index is 0.125. The van der Waals surface area contributed by atoms with Crippen molar-refractivity contribution in [3.8, 4) is 0 Å². The topological polar surface area (TPSA) is 77.1 Å². The molecule has 1 aromatic heterocycles. The highest BCUT2D eigenvalue weighted by Gasteiger charge is 2.27. The Morgan fingerprint density at radius 2 is 2.11 bits per heavy atom. The normalized spacial score (nSPS) is 11.3. The number of carbonyl (C=O) groups is 1. The predicted molar refractivity (Wildman–Crippen MR) is 66.6 cm³/mol. The van der Waals surface area contributed by atoms with Crippen LogP contribution in [0.2, 0.25) is 0 Å². The zero-order chi connectivity index (χ0) is 14.5. The van der Waals surface area contributed by atoms with Crippen molar-refractivity contribution in [2.45, 2.75) is 12.1 Å². The average molecular weight is 295 g/mol. The molecule has 106 valence electrons. The summed E-state index contributed by atoms with van der Waals surface area (Å²) < 4.78 is 36.5. The number of alkyl halides is 3. The third-order valence-corrected chi connectivity index (χ3v) is 2.75. The first-order valence-corrected chi connectivity index (χ1v) is 6.20. The van der Waals surface area contributed by atoms with Crippen LogP contribution < -0.4 is 16.6 Å². The molecule has 0 saturated carbocycles. The van der Waals surface area contributed by atoms with Crippen LogP contribution in [0, 0.1) is 0 Å². The molecule has 0 spiro atoms. The van der Waals surface area contributed by atoms with Gasteiger partial charge in [-0.25, -0.2) is 0 Å². The van der Waals surface area contributed by atoms with Gasteiger partial charge in [0.1, 0.15) is 6.54 Å². The fraction of sp³-hybridized carbons (Fsp3) is 0.400. The quantitative estimate of drug-likeness (QED) is 0.788. The summed E-state index contributed by atoms with van der Waals surface area (Å²) in [5, 5.41) is 2.29. The van der Waals surface area contributed by atoms with E-state index in [1.165, 1.54) is 18.3 Å². The molecule has 1 aromatic rings. The van der Waals surface area contributed by atoms with E-state index in [-0.39, 0.29) is 30.6 Å². The van der Waals surface area contributed by atoms with Crippen LogP contribution in [-0.4, -0.2) is 28.3 Å². The first kappa shape index (κ1) is 15.4. The summed E-state index contributed by atoms with van der Waals surface area (Å²) in [7, 11) is 0. The minimum atomic E-state index is -4.31. The summed E-state index contributed by atoms with van der Waals surface area (Å²) >= 11 is -0.216. The number of rotatable bonds is 5. The van der Waals surface area contributed by atoms with Crippen LogP contribution in [-0.2, 0) is 11.3 Å². The van der Waals surface area contributed by atoms with Crippen molar-refractivity contribution < 1.29 is 18.0 Å². The van der Waals surface area contributed by atoms with Gasteiger partial charge in [0.05, 0.1) is 0 Å². The van der Waals surface area contributed by atoms with E-state index in [0.29, 0.717) is 5.69 Å². The zero-order valence-corrected chi connectivity index (χ0v) is 10.6. The van der Waals surface area contributed by atoms with E-state index in [0.717, 1.165) is 4.57 Å². The van der Waals surface area contributed by atoms with Crippen LogP contribution in [0.25, 0.3) is 0 Å². The number of nitrogens with two attached hydrogens (primary N) is 1. The Balaban J connectivity index is 2.39. The zero-order valence-electron chi connectivity index (χ0n) is 9.74. The first-order valence-electron chi connectivity index (χ1n) is 5.21. The van der Waals surface area contributed by atoms with Crippen molar-refractivity contribution in [2.75, 3.05) is 18.0 Å². The van der Waals surface area contributed by atoms with Gasteiger partial charge in [0.15, 0.2) is 0 Å². The van der Waals surface area contributed by atoms with Gasteiger partial charge >= 0.3 is 5.51 Å². The fourth-order valence-corrected chi connectivity index (χ4v) is 1.68. The standard InChI is InChI=1S/C10H12F3N3O2S/c11-10(12,13)19-4-3-15-8(17)6-16-5-7(14)1-2-9(16)18/h1-2,5H,3-4,6,14H2,(H,15,17). The molecule has 9 heteroatoms. The summed E-state index contributed by atoms with van der Waals surface area (Å²) in [6.07, 6.45) is 1.30. The molecule has 0 atom stereocenters. The Morgan fingerprint density at radius 3 is 2.74 bits per heavy atom. The number of pyridine rings is 1. The van der Waals surface area contributed by atoms with Gasteiger partial charge in [-0.05, 0) is 17.8 Å². The molecule has 5 nitrogen and oxygen atoms in total. The molecule has 1 heterocycles. The largest absolute Gasteiger partial charge is 0.441 e. The number of thioether (sulfide) groups is 1. The first-order chi connectivity index (χ1) is 8.78. The lowest BCUT2D eigenvalue weighted by molar-refractivity contribution is -0.121. The molecular formula is C10H12F3N3O2S. The number of anilines is 1. The molecule has 19 heavy (non-hydrogen) atoms. The number of nitrogen functional groups attached to an aromatic ring is 1. The van der Waals surface area contributed by atoms with E-state index in [9.17, 15) is 22.8 Å². The summed E-state index contributed by atoms with van der Waals surface area (Å²) in [5.74, 6) is -0.823. The highest BCUT2D eigenvalue weighted by molar-refractivity contribution is 8.00. The van der Waals surface area contributed by atoms with E-state index >= 15 is 0 Å². The van der Waals surface area contributed by atoms with E-state index in [4.69, 9.17) is 5.73 Å². The number of amides is 1. The fourth-order valence-electron chi connectivity index (χ4n) is 1.24. The summed E-state index contributed by atoms with van der Waals surface area (Å²) in [4.78, 5) is 22.7. The molecule has 0 aromatic carbocycles. The second kappa shape index (κ2) is 6.50. The Kier molecular flexibility index (Phi) is 5.28. The van der Waals surface area contributed by atoms with Crippen molar-refractivity contribution in [1.82, 2.24) is 9.88 Å². The van der Waals surface area contributed by atoms with Crippen molar-refractivity contribution in [3.05, 3.63) is 28.7 Å². The Bertz CT molecular complexity index is 502. The number of hydrogen-bond donors (Lipinski definition) is 2. The Labute approximate surface area is 111 Å². The lowest BCUT2D eigenvalue weighted by Gasteiger charge is -2.08. The van der Waals surface area contributed by atoms with Gasteiger partial charge in [-0.1, -0.05) is 0 Å². The minimum Gasteiger partial charge on any atom is -0.398 e. The van der Waals surface area contributed by atoms with Crippen molar-refractivity contribution in [2.24, 2.45) is 0 Å². The molecule has 0 fully saturated rings. The molecule has 0 unspecified atom stereocenters. The monoisotopic (exact) mass is 295 g/mol. The van der Waals surface area contributed by atoms with Crippen LogP contribution in [0.1, 0.15) is 0 Å². The SMILES string of the molecule is Nc1ccc(=O)n(CC(=O)NCCSC(F)(F)F)c1. The molecule has 0 bridgehead atoms. The van der Waals surface area contributed by atoms with E-state index in [2.05, 4.69) is 5.32 Å². The second-order valence-corrected chi connectivity index (χ2v) is 4.73. The van der Waals surface area contributed by atoms with Crippen molar-refractivity contribution in [1.29, 1.82) is 0 Å². The predicted octanol–water partition coefficient (Wildman–Crippen LogP) is 0.800. The molecular weight excluding hydrogens is 283 g/mol. The Morgan fingerprint density at radius 1 is 1.42 bits per heavy atom. The van der Waals surface area contributed by atoms with Crippen LogP contribution >= 0.6 is 11.8 Å². The smallest absolute Gasteiger partial charge is 0.398 e. The van der Waals surface area contributed by atoms with Gasteiger partial charge in [-0.15, -0.1) is 0 Å². The molecule has 0 aliphatic rings. The third-order valence-electron chi connectivity index (χ3n) is 2.01. The molecule has 0 aliphatic heterocycles. The lowest BCUT2D eigenvalue weighted by Crippen LogP contribution is -2.33. The molecule has 0 radical (unpaired) electrons. The van der Waals surface area contributed by atoms with Gasteiger partial charge < -0.3 is 15.6 Å². The molecule has 0 aliphatic carbocycles. The van der Waals surface area contributed by atoms with Crippen molar-refractivity contribution in [3.63, 3.8) is 0 Å². The number of nitrogens with zero attached hydrogens (tertiary/aromatic N) is 1. The van der Waals surface area contributed by atoms with Crippen LogP contribution in [0.5, 0.6) is 0 Å². The maximum absolute atomic E-state index is 11.8. The van der Waals surface area contributed by atoms with Crippen molar-refractivity contribution >= 4 is 23.4 Å². The van der Waals surface area contributed by atoms with Gasteiger partial charge in [0, 0.05) is 30.2 Å². The molecule has 1 amide bonds. The number of aromatic nitrogens is 1. The number of hydrogen-bond acceptors (Lipinski definition) is 4. The maximum atomic E-state index is 11.8.